The minimum Gasteiger partial charge on any atom is -0.353 e. The molecule has 1 aromatic carbocycles. The third-order valence-electron chi connectivity index (χ3n) is 3.72. The summed E-state index contributed by atoms with van der Waals surface area (Å²) >= 11 is 0. The Bertz CT molecular complexity index is 491. The summed E-state index contributed by atoms with van der Waals surface area (Å²) in [5.41, 5.74) is 1.21. The average molecular weight is 260 g/mol. The van der Waals surface area contributed by atoms with Crippen LogP contribution in [0.4, 0.5) is 0 Å². The van der Waals surface area contributed by atoms with Crippen LogP contribution in [0.5, 0.6) is 0 Å². The number of carbonyl (C=O) groups excluding carboxylic acids is 2. The molecule has 4 heteroatoms. The van der Waals surface area contributed by atoms with Crippen LogP contribution >= 0.6 is 0 Å². The summed E-state index contributed by atoms with van der Waals surface area (Å²) in [4.78, 5) is 26.0. The molecule has 1 N–H and O–H groups in total. The van der Waals surface area contributed by atoms with Crippen molar-refractivity contribution >= 4 is 11.7 Å². The van der Waals surface area contributed by atoms with Crippen LogP contribution in [0.3, 0.4) is 0 Å². The van der Waals surface area contributed by atoms with Crippen molar-refractivity contribution in [3.8, 4) is 0 Å². The minimum absolute atomic E-state index is 0.0181. The Kier molecular flexibility index (Phi) is 3.71. The van der Waals surface area contributed by atoms with E-state index in [-0.39, 0.29) is 18.2 Å². The fraction of sp³-hybridized carbons (Fsp3) is 0.467. The topological polar surface area (TPSA) is 49.4 Å². The quantitative estimate of drug-likeness (QED) is 0.836. The molecule has 1 aliphatic rings. The summed E-state index contributed by atoms with van der Waals surface area (Å²) in [7, 11) is 0. The third-order valence-corrected chi connectivity index (χ3v) is 3.72. The molecule has 0 atom stereocenters. The number of nitrogens with zero attached hydrogens (tertiary/aromatic N) is 1. The molecule has 0 aromatic heterocycles. The van der Waals surface area contributed by atoms with Crippen LogP contribution in [0, 0.1) is 6.92 Å². The zero-order valence-corrected chi connectivity index (χ0v) is 11.7. The fourth-order valence-corrected chi connectivity index (χ4v) is 2.22. The van der Waals surface area contributed by atoms with Gasteiger partial charge in [0.1, 0.15) is 0 Å². The maximum Gasteiger partial charge on any atom is 0.240 e. The molecule has 0 bridgehead atoms. The van der Waals surface area contributed by atoms with Gasteiger partial charge < -0.3 is 5.32 Å². The summed E-state index contributed by atoms with van der Waals surface area (Å²) in [5, 5.41) is 2.83. The van der Waals surface area contributed by atoms with E-state index in [2.05, 4.69) is 5.32 Å². The van der Waals surface area contributed by atoms with Crippen molar-refractivity contribution in [1.82, 2.24) is 10.2 Å². The largest absolute Gasteiger partial charge is 0.353 e. The first kappa shape index (κ1) is 13.7. The van der Waals surface area contributed by atoms with Crippen LogP contribution < -0.4 is 5.32 Å². The van der Waals surface area contributed by atoms with Crippen LogP contribution in [0.15, 0.2) is 24.3 Å². The van der Waals surface area contributed by atoms with Gasteiger partial charge in [0.25, 0.3) is 0 Å². The van der Waals surface area contributed by atoms with E-state index in [1.165, 1.54) is 0 Å². The number of piperazine rings is 1. The number of ketones is 1. The van der Waals surface area contributed by atoms with Gasteiger partial charge >= 0.3 is 0 Å². The molecule has 0 unspecified atom stereocenters. The molecule has 19 heavy (non-hydrogen) atoms. The smallest absolute Gasteiger partial charge is 0.240 e. The standard InChI is InChI=1S/C15H20N2O2/c1-11-4-6-12(7-5-11)13(18)10-17-9-8-16-14(19)15(17,2)3/h4-7H,8-10H2,1-3H3,(H,16,19). The van der Waals surface area contributed by atoms with E-state index in [1.54, 1.807) is 0 Å². The zero-order valence-electron chi connectivity index (χ0n) is 11.7. The molecule has 1 amide bonds. The second-order valence-corrected chi connectivity index (χ2v) is 5.53. The van der Waals surface area contributed by atoms with Crippen LogP contribution in [0.1, 0.15) is 29.8 Å². The molecule has 1 aromatic rings. The number of carbonyl (C=O) groups is 2. The first-order chi connectivity index (χ1) is 8.91. The minimum atomic E-state index is -0.626. The number of Topliss-reactive ketones (excluding diaryl/α,β-unsaturated/α-hetero) is 1. The first-order valence-electron chi connectivity index (χ1n) is 6.54. The maximum atomic E-state index is 12.2. The monoisotopic (exact) mass is 260 g/mol. The molecule has 0 radical (unpaired) electrons. The molecule has 0 aliphatic carbocycles. The number of rotatable bonds is 3. The Morgan fingerprint density at radius 1 is 1.32 bits per heavy atom. The van der Waals surface area contributed by atoms with E-state index in [0.29, 0.717) is 18.7 Å². The van der Waals surface area contributed by atoms with Crippen LogP contribution in [-0.4, -0.2) is 41.8 Å². The summed E-state index contributed by atoms with van der Waals surface area (Å²) in [5.74, 6) is 0.0400. The van der Waals surface area contributed by atoms with Crippen molar-refractivity contribution in [3.05, 3.63) is 35.4 Å². The van der Waals surface area contributed by atoms with Crippen molar-refractivity contribution in [2.24, 2.45) is 0 Å². The molecule has 0 saturated carbocycles. The molecular weight excluding hydrogens is 240 g/mol. The Morgan fingerprint density at radius 2 is 1.95 bits per heavy atom. The third kappa shape index (κ3) is 2.84. The number of benzene rings is 1. The lowest BCUT2D eigenvalue weighted by atomic mass is 9.97. The van der Waals surface area contributed by atoms with E-state index in [1.807, 2.05) is 49.9 Å². The summed E-state index contributed by atoms with van der Waals surface area (Å²) in [6, 6.07) is 7.55. The highest BCUT2D eigenvalue weighted by atomic mass is 16.2. The van der Waals surface area contributed by atoms with Gasteiger partial charge in [0.2, 0.25) is 5.91 Å². The number of nitrogens with one attached hydrogen (secondary N) is 1. The van der Waals surface area contributed by atoms with Gasteiger partial charge in [-0.3, -0.25) is 14.5 Å². The predicted octanol–water partition coefficient (Wildman–Crippen LogP) is 1.39. The molecule has 0 spiro atoms. The predicted molar refractivity (Wildman–Crippen MR) is 74.2 cm³/mol. The van der Waals surface area contributed by atoms with Crippen molar-refractivity contribution in [2.75, 3.05) is 19.6 Å². The Labute approximate surface area is 113 Å². The maximum absolute atomic E-state index is 12.2. The number of hydrogen-bond acceptors (Lipinski definition) is 3. The SMILES string of the molecule is Cc1ccc(C(=O)CN2CCNC(=O)C2(C)C)cc1. The van der Waals surface area contributed by atoms with E-state index < -0.39 is 5.54 Å². The molecule has 102 valence electrons. The van der Waals surface area contributed by atoms with Gasteiger partial charge in [0.15, 0.2) is 5.78 Å². The van der Waals surface area contributed by atoms with E-state index in [9.17, 15) is 9.59 Å². The fourth-order valence-electron chi connectivity index (χ4n) is 2.22. The van der Waals surface area contributed by atoms with Gasteiger partial charge in [-0.1, -0.05) is 29.8 Å². The van der Waals surface area contributed by atoms with Gasteiger partial charge in [-0.05, 0) is 20.8 Å². The highest BCUT2D eigenvalue weighted by Gasteiger charge is 2.38. The number of aryl methyl sites for hydroxylation is 1. The van der Waals surface area contributed by atoms with Crippen LogP contribution in [0.25, 0.3) is 0 Å². The van der Waals surface area contributed by atoms with Gasteiger partial charge in [-0.25, -0.2) is 0 Å². The highest BCUT2D eigenvalue weighted by Crippen LogP contribution is 2.18. The molecule has 1 aliphatic heterocycles. The van der Waals surface area contributed by atoms with Gasteiger partial charge in [-0.2, -0.15) is 0 Å². The first-order valence-corrected chi connectivity index (χ1v) is 6.54. The normalized spacial score (nSPS) is 19.0. The van der Waals surface area contributed by atoms with Crippen molar-refractivity contribution in [3.63, 3.8) is 0 Å². The van der Waals surface area contributed by atoms with Crippen molar-refractivity contribution in [2.45, 2.75) is 26.3 Å². The number of amides is 1. The van der Waals surface area contributed by atoms with Crippen molar-refractivity contribution < 1.29 is 9.59 Å². The molecule has 1 saturated heterocycles. The van der Waals surface area contributed by atoms with Crippen LogP contribution in [0.2, 0.25) is 0 Å². The lowest BCUT2D eigenvalue weighted by Crippen LogP contribution is -2.62. The molecule has 2 rings (SSSR count). The van der Waals surface area contributed by atoms with Crippen LogP contribution in [-0.2, 0) is 4.79 Å². The summed E-state index contributed by atoms with van der Waals surface area (Å²) in [6.45, 7) is 7.28. The Balaban J connectivity index is 2.10. The van der Waals surface area contributed by atoms with Gasteiger partial charge in [0.05, 0.1) is 12.1 Å². The van der Waals surface area contributed by atoms with Crippen molar-refractivity contribution in [1.29, 1.82) is 0 Å². The summed E-state index contributed by atoms with van der Waals surface area (Å²) in [6.07, 6.45) is 0. The number of hydrogen-bond donors (Lipinski definition) is 1. The van der Waals surface area contributed by atoms with E-state index in [0.717, 1.165) is 5.56 Å². The second-order valence-electron chi connectivity index (χ2n) is 5.53. The zero-order chi connectivity index (χ0) is 14.0. The summed E-state index contributed by atoms with van der Waals surface area (Å²) < 4.78 is 0. The molecule has 1 heterocycles. The molecular formula is C15H20N2O2. The molecule has 1 fully saturated rings. The second kappa shape index (κ2) is 5.13. The van der Waals surface area contributed by atoms with E-state index >= 15 is 0 Å². The van der Waals surface area contributed by atoms with Gasteiger partial charge in [-0.15, -0.1) is 0 Å². The highest BCUT2D eigenvalue weighted by molar-refractivity contribution is 5.98. The lowest BCUT2D eigenvalue weighted by Gasteiger charge is -2.40. The Hall–Kier alpha value is -1.68. The Morgan fingerprint density at radius 3 is 2.58 bits per heavy atom. The van der Waals surface area contributed by atoms with E-state index in [4.69, 9.17) is 0 Å². The average Bonchev–Trinajstić information content (AvgIpc) is 2.36. The van der Waals surface area contributed by atoms with Gasteiger partial charge in [0, 0.05) is 18.7 Å². The lowest BCUT2D eigenvalue weighted by molar-refractivity contribution is -0.134. The molecule has 4 nitrogen and oxygen atoms in total.